The first-order valence-electron chi connectivity index (χ1n) is 8.64. The van der Waals surface area contributed by atoms with Crippen LogP contribution in [0.25, 0.3) is 0 Å². The third kappa shape index (κ3) is 5.84. The number of halogens is 1. The van der Waals surface area contributed by atoms with Crippen LogP contribution < -0.4 is 0 Å². The standard InChI is InChI=1S/C18H27FN2O2/c19-17-5-3-16(4-6-17)12-21(11-15-1-2-15)14-18(22)13-20-7-9-23-10-8-20/h3-6,15,18,22H,1-2,7-14H2. The highest BCUT2D eigenvalue weighted by molar-refractivity contribution is 5.16. The molecule has 5 heteroatoms. The number of hydrogen-bond acceptors (Lipinski definition) is 4. The minimum absolute atomic E-state index is 0.199. The van der Waals surface area contributed by atoms with Crippen LogP contribution in [-0.2, 0) is 11.3 Å². The molecule has 1 aromatic carbocycles. The van der Waals surface area contributed by atoms with E-state index in [2.05, 4.69) is 9.80 Å². The highest BCUT2D eigenvalue weighted by atomic mass is 19.1. The van der Waals surface area contributed by atoms with Crippen molar-refractivity contribution in [1.29, 1.82) is 0 Å². The van der Waals surface area contributed by atoms with Gasteiger partial charge in [0.05, 0.1) is 19.3 Å². The van der Waals surface area contributed by atoms with Gasteiger partial charge in [0.2, 0.25) is 0 Å². The van der Waals surface area contributed by atoms with Crippen molar-refractivity contribution in [2.24, 2.45) is 5.92 Å². The number of benzene rings is 1. The summed E-state index contributed by atoms with van der Waals surface area (Å²) in [4.78, 5) is 4.58. The fourth-order valence-corrected chi connectivity index (χ4v) is 3.15. The van der Waals surface area contributed by atoms with Gasteiger partial charge in [0.15, 0.2) is 0 Å². The fourth-order valence-electron chi connectivity index (χ4n) is 3.15. The minimum Gasteiger partial charge on any atom is -0.390 e. The summed E-state index contributed by atoms with van der Waals surface area (Å²) in [6.45, 7) is 6.49. The Hall–Kier alpha value is -1.01. The lowest BCUT2D eigenvalue weighted by atomic mass is 10.2. The molecular formula is C18H27FN2O2. The summed E-state index contributed by atoms with van der Waals surface area (Å²) in [5, 5.41) is 10.4. The van der Waals surface area contributed by atoms with Crippen LogP contribution in [0.2, 0.25) is 0 Å². The minimum atomic E-state index is -0.354. The number of aliphatic hydroxyl groups excluding tert-OH is 1. The van der Waals surface area contributed by atoms with Gasteiger partial charge in [0, 0.05) is 39.3 Å². The molecule has 1 atom stereocenters. The highest BCUT2D eigenvalue weighted by Gasteiger charge is 2.26. The van der Waals surface area contributed by atoms with E-state index in [1.54, 1.807) is 0 Å². The van der Waals surface area contributed by atoms with Crippen LogP contribution in [-0.4, -0.2) is 66.9 Å². The SMILES string of the molecule is OC(CN1CCOCC1)CN(Cc1ccc(F)cc1)CC1CC1. The zero-order valence-electron chi connectivity index (χ0n) is 13.7. The molecule has 1 aliphatic carbocycles. The van der Waals surface area contributed by atoms with E-state index in [0.29, 0.717) is 13.1 Å². The molecule has 23 heavy (non-hydrogen) atoms. The molecule has 0 spiro atoms. The van der Waals surface area contributed by atoms with Crippen LogP contribution in [0.1, 0.15) is 18.4 Å². The summed E-state index contributed by atoms with van der Waals surface area (Å²) in [6, 6.07) is 6.69. The lowest BCUT2D eigenvalue weighted by molar-refractivity contribution is 0.00591. The molecule has 2 aliphatic rings. The van der Waals surface area contributed by atoms with Crippen LogP contribution in [0.4, 0.5) is 4.39 Å². The van der Waals surface area contributed by atoms with Crippen molar-refractivity contribution >= 4 is 0 Å². The number of aliphatic hydroxyl groups is 1. The molecule has 0 bridgehead atoms. The van der Waals surface area contributed by atoms with Gasteiger partial charge in [-0.2, -0.15) is 0 Å². The van der Waals surface area contributed by atoms with Gasteiger partial charge >= 0.3 is 0 Å². The summed E-state index contributed by atoms with van der Waals surface area (Å²) in [5.74, 6) is 0.570. The van der Waals surface area contributed by atoms with Gasteiger partial charge in [-0.3, -0.25) is 9.80 Å². The zero-order chi connectivity index (χ0) is 16.1. The third-order valence-electron chi connectivity index (χ3n) is 4.57. The van der Waals surface area contributed by atoms with Gasteiger partial charge in [0.25, 0.3) is 0 Å². The second-order valence-electron chi connectivity index (χ2n) is 6.83. The highest BCUT2D eigenvalue weighted by Crippen LogP contribution is 2.30. The van der Waals surface area contributed by atoms with Gasteiger partial charge in [-0.25, -0.2) is 4.39 Å². The van der Waals surface area contributed by atoms with Crippen molar-refractivity contribution in [2.45, 2.75) is 25.5 Å². The molecule has 0 amide bonds. The van der Waals surface area contributed by atoms with E-state index < -0.39 is 0 Å². The normalized spacial score (nSPS) is 20.8. The first-order chi connectivity index (χ1) is 11.2. The molecule has 2 fully saturated rings. The molecule has 1 saturated carbocycles. The number of rotatable bonds is 8. The summed E-state index contributed by atoms with van der Waals surface area (Å²) >= 11 is 0. The van der Waals surface area contributed by atoms with E-state index in [9.17, 15) is 9.50 Å². The van der Waals surface area contributed by atoms with E-state index >= 15 is 0 Å². The second-order valence-corrected chi connectivity index (χ2v) is 6.83. The molecule has 4 nitrogen and oxygen atoms in total. The maximum atomic E-state index is 13.0. The predicted octanol–water partition coefficient (Wildman–Crippen LogP) is 1.73. The second kappa shape index (κ2) is 8.20. The Balaban J connectivity index is 1.51. The Morgan fingerprint density at radius 2 is 1.91 bits per heavy atom. The van der Waals surface area contributed by atoms with Crippen molar-refractivity contribution in [1.82, 2.24) is 9.80 Å². The number of β-amino-alcohol motifs (C(OH)–C–C–N with tert-alkyl or cyclic N) is 1. The molecular weight excluding hydrogens is 295 g/mol. The first kappa shape index (κ1) is 16.8. The molecule has 1 N–H and O–H groups in total. The molecule has 1 unspecified atom stereocenters. The van der Waals surface area contributed by atoms with Crippen LogP contribution in [0, 0.1) is 11.7 Å². The van der Waals surface area contributed by atoms with Gasteiger partial charge in [-0.1, -0.05) is 12.1 Å². The molecule has 0 aromatic heterocycles. The van der Waals surface area contributed by atoms with E-state index in [0.717, 1.165) is 50.9 Å². The molecule has 1 saturated heterocycles. The van der Waals surface area contributed by atoms with Gasteiger partial charge in [0.1, 0.15) is 5.82 Å². The molecule has 1 aliphatic heterocycles. The van der Waals surface area contributed by atoms with Crippen molar-refractivity contribution in [2.75, 3.05) is 45.9 Å². The number of hydrogen-bond donors (Lipinski definition) is 1. The summed E-state index contributed by atoms with van der Waals surface area (Å²) in [6.07, 6.45) is 2.23. The molecule has 1 aromatic rings. The van der Waals surface area contributed by atoms with Crippen LogP contribution in [0.5, 0.6) is 0 Å². The third-order valence-corrected chi connectivity index (χ3v) is 4.57. The average molecular weight is 322 g/mol. The van der Waals surface area contributed by atoms with Crippen molar-refractivity contribution in [3.05, 3.63) is 35.6 Å². The van der Waals surface area contributed by atoms with Crippen LogP contribution >= 0.6 is 0 Å². The summed E-state index contributed by atoms with van der Waals surface area (Å²) in [7, 11) is 0. The monoisotopic (exact) mass is 322 g/mol. The van der Waals surface area contributed by atoms with E-state index in [4.69, 9.17) is 4.74 Å². The molecule has 3 rings (SSSR count). The Labute approximate surface area is 137 Å². The predicted molar refractivity (Wildman–Crippen MR) is 87.7 cm³/mol. The molecule has 0 radical (unpaired) electrons. The lowest BCUT2D eigenvalue weighted by Crippen LogP contribution is -2.44. The van der Waals surface area contributed by atoms with Gasteiger partial charge in [-0.15, -0.1) is 0 Å². The molecule has 1 heterocycles. The Bertz CT molecular complexity index is 472. The van der Waals surface area contributed by atoms with E-state index in [1.807, 2.05) is 12.1 Å². The number of ether oxygens (including phenoxy) is 1. The maximum absolute atomic E-state index is 13.0. The van der Waals surface area contributed by atoms with Crippen LogP contribution in [0.3, 0.4) is 0 Å². The zero-order valence-corrected chi connectivity index (χ0v) is 13.7. The average Bonchev–Trinajstić information content (AvgIpc) is 3.34. The fraction of sp³-hybridized carbons (Fsp3) is 0.667. The van der Waals surface area contributed by atoms with Crippen molar-refractivity contribution < 1.29 is 14.2 Å². The quantitative estimate of drug-likeness (QED) is 0.791. The number of nitrogens with zero attached hydrogens (tertiary/aromatic N) is 2. The first-order valence-corrected chi connectivity index (χ1v) is 8.64. The summed E-state index contributed by atoms with van der Waals surface area (Å²) in [5.41, 5.74) is 1.10. The van der Waals surface area contributed by atoms with Crippen molar-refractivity contribution in [3.63, 3.8) is 0 Å². The number of morpholine rings is 1. The van der Waals surface area contributed by atoms with Gasteiger partial charge < -0.3 is 9.84 Å². The Kier molecular flexibility index (Phi) is 6.00. The van der Waals surface area contributed by atoms with E-state index in [1.165, 1.54) is 25.0 Å². The Morgan fingerprint density at radius 1 is 1.22 bits per heavy atom. The smallest absolute Gasteiger partial charge is 0.123 e. The maximum Gasteiger partial charge on any atom is 0.123 e. The summed E-state index contributed by atoms with van der Waals surface area (Å²) < 4.78 is 18.4. The van der Waals surface area contributed by atoms with Gasteiger partial charge in [-0.05, 0) is 36.5 Å². The largest absolute Gasteiger partial charge is 0.390 e. The molecule has 128 valence electrons. The van der Waals surface area contributed by atoms with Crippen LogP contribution in [0.15, 0.2) is 24.3 Å². The van der Waals surface area contributed by atoms with Crippen molar-refractivity contribution in [3.8, 4) is 0 Å². The lowest BCUT2D eigenvalue weighted by Gasteiger charge is -2.31. The topological polar surface area (TPSA) is 35.9 Å². The Morgan fingerprint density at radius 3 is 2.57 bits per heavy atom. The van der Waals surface area contributed by atoms with E-state index in [-0.39, 0.29) is 11.9 Å².